The summed E-state index contributed by atoms with van der Waals surface area (Å²) in [5.74, 6) is 1.50. The highest BCUT2D eigenvalue weighted by Gasteiger charge is 2.16. The first kappa shape index (κ1) is 21.7. The molecule has 0 unspecified atom stereocenters. The van der Waals surface area contributed by atoms with E-state index in [1.54, 1.807) is 29.2 Å². The van der Waals surface area contributed by atoms with Gasteiger partial charge >= 0.3 is 0 Å². The molecule has 0 spiro atoms. The molecule has 0 aliphatic heterocycles. The number of nitrogens with one attached hydrogen (secondary N) is 1. The third-order valence-corrected chi connectivity index (χ3v) is 5.01. The summed E-state index contributed by atoms with van der Waals surface area (Å²) < 4.78 is 2.45. The van der Waals surface area contributed by atoms with E-state index in [0.29, 0.717) is 48.2 Å². The minimum absolute atomic E-state index is 0.150. The third-order valence-electron chi connectivity index (χ3n) is 4.60. The number of amides is 1. The molecule has 0 radical (unpaired) electrons. The van der Waals surface area contributed by atoms with Crippen molar-refractivity contribution in [1.29, 1.82) is 0 Å². The van der Waals surface area contributed by atoms with Crippen LogP contribution in [0.25, 0.3) is 17.3 Å². The van der Waals surface area contributed by atoms with Crippen molar-refractivity contribution in [3.05, 3.63) is 58.8 Å². The Kier molecular flexibility index (Phi) is 6.90. The molecule has 1 aromatic carbocycles. The van der Waals surface area contributed by atoms with Crippen LogP contribution in [-0.4, -0.2) is 57.4 Å². The van der Waals surface area contributed by atoms with Crippen LogP contribution in [0.1, 0.15) is 35.9 Å². The van der Waals surface area contributed by atoms with E-state index < -0.39 is 0 Å². The maximum absolute atomic E-state index is 12.6. The van der Waals surface area contributed by atoms with Gasteiger partial charge in [-0.05, 0) is 52.2 Å². The van der Waals surface area contributed by atoms with Gasteiger partial charge < -0.3 is 5.32 Å². The van der Waals surface area contributed by atoms with Crippen LogP contribution < -0.4 is 5.32 Å². The number of unbranched alkanes of at least 4 members (excludes halogenated alkanes) is 1. The summed E-state index contributed by atoms with van der Waals surface area (Å²) in [4.78, 5) is 27.4. The molecule has 0 bridgehead atoms. The van der Waals surface area contributed by atoms with Gasteiger partial charge in [0.15, 0.2) is 18.0 Å². The molecule has 32 heavy (non-hydrogen) atoms. The number of halogens is 1. The first-order valence-corrected chi connectivity index (χ1v) is 11.0. The predicted octanol–water partition coefficient (Wildman–Crippen LogP) is 2.25. The maximum Gasteiger partial charge on any atom is 0.251 e. The number of carbonyl (C=O) groups excluding carboxylic acids is 1. The molecule has 0 atom stereocenters. The smallest absolute Gasteiger partial charge is 0.251 e. The maximum atomic E-state index is 12.6. The van der Waals surface area contributed by atoms with Crippen molar-refractivity contribution >= 4 is 21.8 Å². The Morgan fingerprint density at radius 2 is 2.03 bits per heavy atom. The molecule has 0 fully saturated rings. The molecule has 164 valence electrons. The topological polar surface area (TPSA) is 129 Å². The Balaban J connectivity index is 1.46. The van der Waals surface area contributed by atoms with Crippen molar-refractivity contribution in [2.45, 2.75) is 32.7 Å². The lowest BCUT2D eigenvalue weighted by Crippen LogP contribution is -2.24. The van der Waals surface area contributed by atoms with E-state index in [4.69, 9.17) is 0 Å². The highest BCUT2D eigenvalue weighted by atomic mass is 79.9. The van der Waals surface area contributed by atoms with E-state index in [0.717, 1.165) is 17.3 Å². The minimum atomic E-state index is -0.150. The van der Waals surface area contributed by atoms with E-state index in [9.17, 15) is 4.79 Å². The lowest BCUT2D eigenvalue weighted by molar-refractivity contribution is 0.0952. The molecule has 4 rings (SSSR count). The second kappa shape index (κ2) is 10.2. The Hall–Kier alpha value is -3.54. The summed E-state index contributed by atoms with van der Waals surface area (Å²) in [6, 6.07) is 7.25. The fourth-order valence-corrected chi connectivity index (χ4v) is 3.21. The molecule has 0 saturated carbocycles. The normalized spacial score (nSPS) is 10.9. The number of benzene rings is 1. The fourth-order valence-electron chi connectivity index (χ4n) is 3.01. The highest BCUT2D eigenvalue weighted by molar-refractivity contribution is 9.10. The molecule has 0 saturated heterocycles. The second-order valence-electron chi connectivity index (χ2n) is 6.89. The summed E-state index contributed by atoms with van der Waals surface area (Å²) in [5, 5.41) is 19.0. The number of nitrogens with zero attached hydrogens (tertiary/aromatic N) is 9. The molecular weight excluding hydrogens is 476 g/mol. The Morgan fingerprint density at radius 3 is 2.78 bits per heavy atom. The quantitative estimate of drug-likeness (QED) is 0.349. The van der Waals surface area contributed by atoms with Crippen LogP contribution in [0.3, 0.4) is 0 Å². The summed E-state index contributed by atoms with van der Waals surface area (Å²) in [7, 11) is 0. The molecule has 3 aromatic heterocycles. The SMILES string of the molecule is CCc1nc(-c2ncc(Br)cn2)n(-c2cccc(C(=O)NCCCCn3ncnn3)c2)n1. The average molecular weight is 497 g/mol. The Labute approximate surface area is 192 Å². The number of tetrazole rings is 1. The van der Waals surface area contributed by atoms with Crippen molar-refractivity contribution in [1.82, 2.24) is 50.3 Å². The molecule has 1 N–H and O–H groups in total. The van der Waals surface area contributed by atoms with Gasteiger partial charge in [0, 0.05) is 30.9 Å². The largest absolute Gasteiger partial charge is 0.352 e. The summed E-state index contributed by atoms with van der Waals surface area (Å²) in [6.45, 7) is 3.20. The minimum Gasteiger partial charge on any atom is -0.352 e. The van der Waals surface area contributed by atoms with Crippen molar-refractivity contribution in [2.24, 2.45) is 0 Å². The van der Waals surface area contributed by atoms with E-state index in [1.807, 2.05) is 19.1 Å². The number of hydrogen-bond acceptors (Lipinski definition) is 8. The summed E-state index contributed by atoms with van der Waals surface area (Å²) in [5.41, 5.74) is 1.25. The number of rotatable bonds is 9. The van der Waals surface area contributed by atoms with Gasteiger partial charge in [0.1, 0.15) is 0 Å². The first-order chi connectivity index (χ1) is 15.6. The number of aromatic nitrogens is 9. The molecule has 11 nitrogen and oxygen atoms in total. The standard InChI is InChI=1S/C20H21BrN10O/c1-2-17-27-19(18-23-11-15(21)12-24-18)31(28-17)16-7-5-6-14(10-16)20(32)22-8-3-4-9-30-26-13-25-29-30/h5-7,10-13H,2-4,8-9H2,1H3,(H,22,32). The lowest BCUT2D eigenvalue weighted by atomic mass is 10.2. The van der Waals surface area contributed by atoms with Gasteiger partial charge in [0.05, 0.1) is 16.7 Å². The van der Waals surface area contributed by atoms with Crippen molar-refractivity contribution in [3.8, 4) is 17.3 Å². The van der Waals surface area contributed by atoms with Crippen LogP contribution in [0.5, 0.6) is 0 Å². The van der Waals surface area contributed by atoms with Gasteiger partial charge in [-0.2, -0.15) is 9.90 Å². The predicted molar refractivity (Wildman–Crippen MR) is 119 cm³/mol. The molecule has 3 heterocycles. The zero-order valence-electron chi connectivity index (χ0n) is 17.4. The van der Waals surface area contributed by atoms with E-state index in [1.165, 1.54) is 11.1 Å². The van der Waals surface area contributed by atoms with Crippen molar-refractivity contribution in [2.75, 3.05) is 6.54 Å². The zero-order valence-corrected chi connectivity index (χ0v) is 19.0. The summed E-state index contributed by atoms with van der Waals surface area (Å²) in [6.07, 6.45) is 7.04. The third kappa shape index (κ3) is 5.19. The fraction of sp³-hybridized carbons (Fsp3) is 0.300. The molecule has 1 amide bonds. The van der Waals surface area contributed by atoms with Gasteiger partial charge in [-0.15, -0.1) is 10.2 Å². The lowest BCUT2D eigenvalue weighted by Gasteiger charge is -2.08. The summed E-state index contributed by atoms with van der Waals surface area (Å²) >= 11 is 3.34. The van der Waals surface area contributed by atoms with Crippen molar-refractivity contribution in [3.63, 3.8) is 0 Å². The van der Waals surface area contributed by atoms with Crippen LogP contribution in [-0.2, 0) is 13.0 Å². The second-order valence-corrected chi connectivity index (χ2v) is 7.80. The number of aryl methyl sites for hydroxylation is 2. The van der Waals surface area contributed by atoms with Gasteiger partial charge in [-0.25, -0.2) is 19.6 Å². The van der Waals surface area contributed by atoms with Crippen LogP contribution in [0.15, 0.2) is 47.5 Å². The van der Waals surface area contributed by atoms with Gasteiger partial charge in [0.2, 0.25) is 5.82 Å². The van der Waals surface area contributed by atoms with Crippen LogP contribution in [0.4, 0.5) is 0 Å². The monoisotopic (exact) mass is 496 g/mol. The van der Waals surface area contributed by atoms with Crippen LogP contribution in [0.2, 0.25) is 0 Å². The van der Waals surface area contributed by atoms with Crippen molar-refractivity contribution < 1.29 is 4.79 Å². The van der Waals surface area contributed by atoms with Gasteiger partial charge in [0.25, 0.3) is 5.91 Å². The average Bonchev–Trinajstić information content (AvgIpc) is 3.49. The molecule has 4 aromatic rings. The number of hydrogen-bond donors (Lipinski definition) is 1. The van der Waals surface area contributed by atoms with Crippen LogP contribution in [0, 0.1) is 0 Å². The molecule has 0 aliphatic carbocycles. The first-order valence-electron chi connectivity index (χ1n) is 10.2. The Bertz CT molecular complexity index is 1170. The van der Waals surface area contributed by atoms with E-state index >= 15 is 0 Å². The highest BCUT2D eigenvalue weighted by Crippen LogP contribution is 2.20. The van der Waals surface area contributed by atoms with Crippen LogP contribution >= 0.6 is 15.9 Å². The van der Waals surface area contributed by atoms with E-state index in [-0.39, 0.29) is 5.91 Å². The van der Waals surface area contributed by atoms with E-state index in [2.05, 4.69) is 56.7 Å². The van der Waals surface area contributed by atoms with Gasteiger partial charge in [-0.3, -0.25) is 4.79 Å². The zero-order chi connectivity index (χ0) is 22.3. The number of carbonyl (C=O) groups is 1. The molecule has 0 aliphatic rings. The molecule has 12 heteroatoms. The Morgan fingerprint density at radius 1 is 1.19 bits per heavy atom. The molecular formula is C20H21BrN10O. The van der Waals surface area contributed by atoms with Gasteiger partial charge in [-0.1, -0.05) is 13.0 Å².